The van der Waals surface area contributed by atoms with Crippen molar-refractivity contribution in [1.29, 1.82) is 0 Å². The van der Waals surface area contributed by atoms with Gasteiger partial charge in [0.05, 0.1) is 5.92 Å². The summed E-state index contributed by atoms with van der Waals surface area (Å²) in [6, 6.07) is 5.96. The minimum atomic E-state index is -0.0926. The lowest BCUT2D eigenvalue weighted by molar-refractivity contribution is -0.137. The number of benzene rings is 1. The third kappa shape index (κ3) is 4.45. The summed E-state index contributed by atoms with van der Waals surface area (Å²) in [4.78, 5) is 36.6. The molecule has 3 heterocycles. The monoisotopic (exact) mass is 412 g/mol. The zero-order valence-corrected chi connectivity index (χ0v) is 18.0. The number of piperidine rings is 1. The van der Waals surface area contributed by atoms with Crippen LogP contribution in [0.15, 0.2) is 29.8 Å². The largest absolute Gasteiger partial charge is 0.345 e. The van der Waals surface area contributed by atoms with Gasteiger partial charge in [0, 0.05) is 56.4 Å². The summed E-state index contributed by atoms with van der Waals surface area (Å²) >= 11 is 1.64. The van der Waals surface area contributed by atoms with E-state index in [0.717, 1.165) is 67.4 Å². The highest BCUT2D eigenvalue weighted by Gasteiger charge is 2.33. The highest BCUT2D eigenvalue weighted by atomic mass is 32.1. The molecule has 2 aliphatic rings. The smallest absolute Gasteiger partial charge is 0.253 e. The zero-order chi connectivity index (χ0) is 20.4. The predicted octanol–water partition coefficient (Wildman–Crippen LogP) is 2.96. The van der Waals surface area contributed by atoms with Crippen LogP contribution in [0.2, 0.25) is 0 Å². The van der Waals surface area contributed by atoms with Crippen LogP contribution in [0.4, 0.5) is 5.13 Å². The Labute approximate surface area is 176 Å². The Bertz CT molecular complexity index is 855. The molecule has 2 amide bonds. The molecule has 0 radical (unpaired) electrons. The highest BCUT2D eigenvalue weighted by Crippen LogP contribution is 2.24. The number of anilines is 1. The van der Waals surface area contributed by atoms with Crippen molar-refractivity contribution >= 4 is 28.3 Å². The van der Waals surface area contributed by atoms with Crippen molar-refractivity contribution in [2.24, 2.45) is 5.92 Å². The Morgan fingerprint density at radius 2 is 1.72 bits per heavy atom. The number of aryl methyl sites for hydroxylation is 2. The first-order chi connectivity index (χ1) is 14.0. The fourth-order valence-electron chi connectivity index (χ4n) is 4.39. The van der Waals surface area contributed by atoms with E-state index in [0.29, 0.717) is 6.54 Å². The van der Waals surface area contributed by atoms with Gasteiger partial charge in [-0.05, 0) is 38.8 Å². The van der Waals surface area contributed by atoms with Crippen LogP contribution in [0.25, 0.3) is 0 Å². The number of carbonyl (C=O) groups is 2. The second-order valence-corrected chi connectivity index (χ2v) is 8.97. The predicted molar refractivity (Wildman–Crippen MR) is 115 cm³/mol. The molecule has 7 heteroatoms. The first-order valence-corrected chi connectivity index (χ1v) is 11.2. The quantitative estimate of drug-likeness (QED) is 0.778. The number of rotatable bonds is 3. The molecule has 4 rings (SSSR count). The van der Waals surface area contributed by atoms with Crippen LogP contribution in [0.3, 0.4) is 0 Å². The van der Waals surface area contributed by atoms with E-state index in [2.05, 4.69) is 16.0 Å². The van der Waals surface area contributed by atoms with Crippen LogP contribution in [0, 0.1) is 19.8 Å². The van der Waals surface area contributed by atoms with Gasteiger partial charge in [0.1, 0.15) is 0 Å². The number of hydrogen-bond donors (Lipinski definition) is 0. The summed E-state index contributed by atoms with van der Waals surface area (Å²) in [5.74, 6) is 0.148. The summed E-state index contributed by atoms with van der Waals surface area (Å²) in [6.45, 7) is 8.36. The molecule has 1 atom stereocenters. The number of carbonyl (C=O) groups excluding carboxylic acids is 2. The van der Waals surface area contributed by atoms with Gasteiger partial charge in [-0.3, -0.25) is 9.59 Å². The number of thiazole rings is 1. The van der Waals surface area contributed by atoms with Crippen molar-refractivity contribution in [1.82, 2.24) is 14.8 Å². The van der Waals surface area contributed by atoms with E-state index in [9.17, 15) is 9.59 Å². The van der Waals surface area contributed by atoms with Gasteiger partial charge >= 0.3 is 0 Å². The third-order valence-corrected chi connectivity index (χ3v) is 6.64. The minimum absolute atomic E-state index is 0.0443. The van der Waals surface area contributed by atoms with Crippen LogP contribution in [-0.2, 0) is 4.79 Å². The molecule has 0 N–H and O–H groups in total. The van der Waals surface area contributed by atoms with Crippen LogP contribution in [0.1, 0.15) is 34.3 Å². The Morgan fingerprint density at radius 1 is 1.00 bits per heavy atom. The van der Waals surface area contributed by atoms with Crippen molar-refractivity contribution in [3.63, 3.8) is 0 Å². The van der Waals surface area contributed by atoms with Crippen LogP contribution in [-0.4, -0.2) is 65.9 Å². The average molecular weight is 413 g/mol. The van der Waals surface area contributed by atoms with Gasteiger partial charge in [0.2, 0.25) is 5.91 Å². The Balaban J connectivity index is 1.37. The second kappa shape index (κ2) is 8.53. The van der Waals surface area contributed by atoms with Crippen molar-refractivity contribution < 1.29 is 9.59 Å². The summed E-state index contributed by atoms with van der Waals surface area (Å²) in [5, 5.41) is 3.01. The van der Waals surface area contributed by atoms with Gasteiger partial charge < -0.3 is 14.7 Å². The molecule has 0 bridgehead atoms. The molecule has 6 nitrogen and oxygen atoms in total. The van der Waals surface area contributed by atoms with E-state index in [1.54, 1.807) is 11.3 Å². The van der Waals surface area contributed by atoms with Crippen LogP contribution < -0.4 is 4.90 Å². The molecule has 0 aliphatic carbocycles. The second-order valence-electron chi connectivity index (χ2n) is 8.09. The lowest BCUT2D eigenvalue weighted by atomic mass is 9.95. The van der Waals surface area contributed by atoms with Crippen LogP contribution in [0.5, 0.6) is 0 Å². The van der Waals surface area contributed by atoms with Gasteiger partial charge in [0.25, 0.3) is 5.91 Å². The van der Waals surface area contributed by atoms with Crippen molar-refractivity contribution in [3.8, 4) is 0 Å². The van der Waals surface area contributed by atoms with Gasteiger partial charge in [-0.2, -0.15) is 0 Å². The molecular weight excluding hydrogens is 384 g/mol. The standard InChI is InChI=1S/C22H28N4O2S/c1-16-12-17(2)14-19(13-16)21(28)26-6-3-4-18(15-26)20(27)24-7-9-25(10-8-24)22-23-5-11-29-22/h5,11-14,18H,3-4,6-10,15H2,1-2H3. The van der Waals surface area contributed by atoms with Gasteiger partial charge in [-0.25, -0.2) is 4.98 Å². The maximum Gasteiger partial charge on any atom is 0.253 e. The number of aromatic nitrogens is 1. The van der Waals surface area contributed by atoms with Crippen LogP contribution >= 0.6 is 11.3 Å². The van der Waals surface area contributed by atoms with Crippen molar-refractivity contribution in [2.45, 2.75) is 26.7 Å². The SMILES string of the molecule is Cc1cc(C)cc(C(=O)N2CCCC(C(=O)N3CCN(c4nccs4)CC3)C2)c1. The molecule has 1 aromatic heterocycles. The fourth-order valence-corrected chi connectivity index (χ4v) is 5.09. The Hall–Kier alpha value is -2.41. The van der Waals surface area contributed by atoms with E-state index >= 15 is 0 Å². The molecule has 1 aromatic carbocycles. The van der Waals surface area contributed by atoms with E-state index < -0.39 is 0 Å². The number of piperazine rings is 1. The summed E-state index contributed by atoms with van der Waals surface area (Å²) in [6.07, 6.45) is 3.56. The first-order valence-electron chi connectivity index (χ1n) is 10.3. The number of nitrogens with zero attached hydrogens (tertiary/aromatic N) is 4. The van der Waals surface area contributed by atoms with E-state index in [-0.39, 0.29) is 17.7 Å². The maximum absolute atomic E-state index is 13.1. The van der Waals surface area contributed by atoms with E-state index in [1.807, 2.05) is 47.4 Å². The normalized spacial score (nSPS) is 20.1. The number of likely N-dealkylation sites (tertiary alicyclic amines) is 1. The Morgan fingerprint density at radius 3 is 2.38 bits per heavy atom. The highest BCUT2D eigenvalue weighted by molar-refractivity contribution is 7.13. The fraction of sp³-hybridized carbons (Fsp3) is 0.500. The molecule has 29 heavy (non-hydrogen) atoms. The minimum Gasteiger partial charge on any atom is -0.345 e. The zero-order valence-electron chi connectivity index (χ0n) is 17.1. The van der Waals surface area contributed by atoms with E-state index in [1.165, 1.54) is 0 Å². The van der Waals surface area contributed by atoms with Crippen molar-refractivity contribution in [3.05, 3.63) is 46.5 Å². The lowest BCUT2D eigenvalue weighted by Gasteiger charge is -2.39. The van der Waals surface area contributed by atoms with Crippen molar-refractivity contribution in [2.75, 3.05) is 44.2 Å². The molecular formula is C22H28N4O2S. The number of hydrogen-bond acceptors (Lipinski definition) is 5. The topological polar surface area (TPSA) is 56.8 Å². The molecule has 0 saturated carbocycles. The first kappa shape index (κ1) is 19.9. The van der Waals surface area contributed by atoms with Gasteiger partial charge in [-0.1, -0.05) is 17.2 Å². The third-order valence-electron chi connectivity index (χ3n) is 5.81. The number of amides is 2. The molecule has 2 aliphatic heterocycles. The maximum atomic E-state index is 13.1. The Kier molecular flexibility index (Phi) is 5.85. The summed E-state index contributed by atoms with van der Waals surface area (Å²) < 4.78 is 0. The van der Waals surface area contributed by atoms with E-state index in [4.69, 9.17) is 0 Å². The molecule has 2 saturated heterocycles. The van der Waals surface area contributed by atoms with Gasteiger partial charge in [-0.15, -0.1) is 11.3 Å². The summed E-state index contributed by atoms with van der Waals surface area (Å²) in [7, 11) is 0. The molecule has 2 aromatic rings. The summed E-state index contributed by atoms with van der Waals surface area (Å²) in [5.41, 5.74) is 2.92. The average Bonchev–Trinajstić information content (AvgIpc) is 3.27. The van der Waals surface area contributed by atoms with Gasteiger partial charge in [0.15, 0.2) is 5.13 Å². The molecule has 1 unspecified atom stereocenters. The lowest BCUT2D eigenvalue weighted by Crippen LogP contribution is -2.53. The molecule has 2 fully saturated rings. The molecule has 154 valence electrons. The molecule has 0 spiro atoms.